The Kier molecular flexibility index (Phi) is 4.33. The Morgan fingerprint density at radius 1 is 1.56 bits per heavy atom. The number of carbonyl (C=O) groups is 1. The Labute approximate surface area is 126 Å². The maximum Gasteiger partial charge on any atom is 0.375 e. The molecule has 2 aromatic rings. The van der Waals surface area contributed by atoms with Gasteiger partial charge in [0.1, 0.15) is 0 Å². The molecule has 0 atom stereocenters. The second-order valence-electron chi connectivity index (χ2n) is 3.35. The molecule has 1 heterocycles. The van der Waals surface area contributed by atoms with Crippen LogP contribution >= 0.6 is 38.5 Å². The summed E-state index contributed by atoms with van der Waals surface area (Å²) in [6.07, 6.45) is 0. The molecule has 0 aliphatic rings. The number of hydrogen-bond donors (Lipinski definition) is 1. The zero-order valence-electron chi connectivity index (χ0n) is 9.41. The van der Waals surface area contributed by atoms with Crippen molar-refractivity contribution in [2.24, 2.45) is 0 Å². The molecule has 0 unspecified atom stereocenters. The minimum absolute atomic E-state index is 0.114. The highest BCUT2D eigenvalue weighted by molar-refractivity contribution is 14.1. The lowest BCUT2D eigenvalue weighted by molar-refractivity contribution is 0.0512. The third kappa shape index (κ3) is 2.89. The van der Waals surface area contributed by atoms with Gasteiger partial charge in [0.2, 0.25) is 5.82 Å². The SMILES string of the molecule is CCOC(=O)c1nc(-c2cc(Br)ccc2I)n[nH]1. The molecule has 94 valence electrons. The molecular formula is C11H9BrIN3O2. The first-order valence-corrected chi connectivity index (χ1v) is 7.04. The Balaban J connectivity index is 2.35. The topological polar surface area (TPSA) is 67.9 Å². The lowest BCUT2D eigenvalue weighted by Gasteiger charge is -2.00. The normalized spacial score (nSPS) is 10.4. The summed E-state index contributed by atoms with van der Waals surface area (Å²) in [5.74, 6) is 0.0904. The van der Waals surface area contributed by atoms with Crippen molar-refractivity contribution in [3.8, 4) is 11.4 Å². The van der Waals surface area contributed by atoms with Gasteiger partial charge in [0, 0.05) is 13.6 Å². The van der Waals surface area contributed by atoms with Crippen LogP contribution in [0.5, 0.6) is 0 Å². The number of ether oxygens (including phenoxy) is 1. The number of rotatable bonds is 3. The maximum absolute atomic E-state index is 11.5. The van der Waals surface area contributed by atoms with Gasteiger partial charge in [-0.15, -0.1) is 0 Å². The number of aromatic amines is 1. The molecule has 5 nitrogen and oxygen atoms in total. The van der Waals surface area contributed by atoms with Gasteiger partial charge in [0.05, 0.1) is 6.61 Å². The van der Waals surface area contributed by atoms with Crippen molar-refractivity contribution in [1.29, 1.82) is 0 Å². The summed E-state index contributed by atoms with van der Waals surface area (Å²) >= 11 is 5.59. The van der Waals surface area contributed by atoms with Crippen molar-refractivity contribution in [2.75, 3.05) is 6.61 Å². The Bertz CT molecular complexity index is 585. The van der Waals surface area contributed by atoms with E-state index in [1.54, 1.807) is 6.92 Å². The van der Waals surface area contributed by atoms with Gasteiger partial charge >= 0.3 is 5.97 Å². The molecule has 0 radical (unpaired) electrons. The van der Waals surface area contributed by atoms with Crippen LogP contribution in [0.2, 0.25) is 0 Å². The number of nitrogens with zero attached hydrogens (tertiary/aromatic N) is 2. The fourth-order valence-electron chi connectivity index (χ4n) is 1.34. The van der Waals surface area contributed by atoms with Gasteiger partial charge in [-0.3, -0.25) is 5.10 Å². The number of benzene rings is 1. The molecule has 18 heavy (non-hydrogen) atoms. The van der Waals surface area contributed by atoms with Gasteiger partial charge in [-0.05, 0) is 47.7 Å². The molecule has 0 amide bonds. The third-order valence-electron chi connectivity index (χ3n) is 2.12. The van der Waals surface area contributed by atoms with Crippen LogP contribution in [0.15, 0.2) is 22.7 Å². The van der Waals surface area contributed by atoms with Crippen LogP contribution in [0.1, 0.15) is 17.5 Å². The number of hydrogen-bond acceptors (Lipinski definition) is 4. The summed E-state index contributed by atoms with van der Waals surface area (Å²) in [7, 11) is 0. The lowest BCUT2D eigenvalue weighted by Crippen LogP contribution is -2.06. The van der Waals surface area contributed by atoms with Gasteiger partial charge in [-0.1, -0.05) is 15.9 Å². The summed E-state index contributed by atoms with van der Waals surface area (Å²) in [5.41, 5.74) is 0.858. The molecular weight excluding hydrogens is 413 g/mol. The molecule has 7 heteroatoms. The Morgan fingerprint density at radius 2 is 2.33 bits per heavy atom. The summed E-state index contributed by atoms with van der Waals surface area (Å²) in [5, 5.41) is 6.61. The standard InChI is InChI=1S/C11H9BrIN3O2/c1-2-18-11(17)10-14-9(15-16-10)7-5-6(12)3-4-8(7)13/h3-5H,2H2,1H3,(H,14,15,16). The number of H-pyrrole nitrogens is 1. The smallest absolute Gasteiger partial charge is 0.375 e. The van der Waals surface area contributed by atoms with Crippen LogP contribution in [-0.2, 0) is 4.74 Å². The average molecular weight is 422 g/mol. The van der Waals surface area contributed by atoms with Crippen LogP contribution in [0.25, 0.3) is 11.4 Å². The van der Waals surface area contributed by atoms with Crippen molar-refractivity contribution in [3.63, 3.8) is 0 Å². The molecule has 0 saturated carbocycles. The van der Waals surface area contributed by atoms with Crippen LogP contribution in [0.3, 0.4) is 0 Å². The van der Waals surface area contributed by atoms with E-state index in [0.29, 0.717) is 12.4 Å². The Morgan fingerprint density at radius 3 is 3.06 bits per heavy atom. The molecule has 0 spiro atoms. The summed E-state index contributed by atoms with van der Waals surface area (Å²) in [6, 6.07) is 5.78. The molecule has 0 bridgehead atoms. The summed E-state index contributed by atoms with van der Waals surface area (Å²) in [6.45, 7) is 2.05. The molecule has 0 aliphatic heterocycles. The predicted molar refractivity (Wildman–Crippen MR) is 78.2 cm³/mol. The van der Waals surface area contributed by atoms with Gasteiger partial charge in [-0.25, -0.2) is 9.78 Å². The average Bonchev–Trinajstić information content (AvgIpc) is 2.82. The molecule has 0 fully saturated rings. The van der Waals surface area contributed by atoms with E-state index < -0.39 is 5.97 Å². The van der Waals surface area contributed by atoms with Crippen LogP contribution in [0, 0.1) is 3.57 Å². The number of esters is 1. The van der Waals surface area contributed by atoms with Crippen LogP contribution < -0.4 is 0 Å². The largest absolute Gasteiger partial charge is 0.460 e. The fourth-order valence-corrected chi connectivity index (χ4v) is 2.28. The molecule has 0 aliphatic carbocycles. The van der Waals surface area contributed by atoms with Gasteiger partial charge in [0.25, 0.3) is 0 Å². The minimum Gasteiger partial charge on any atom is -0.460 e. The maximum atomic E-state index is 11.5. The van der Waals surface area contributed by atoms with Crippen LogP contribution in [-0.4, -0.2) is 27.8 Å². The molecule has 2 rings (SSSR count). The van der Waals surface area contributed by atoms with E-state index in [2.05, 4.69) is 53.7 Å². The van der Waals surface area contributed by atoms with Crippen molar-refractivity contribution in [1.82, 2.24) is 15.2 Å². The zero-order chi connectivity index (χ0) is 13.1. The van der Waals surface area contributed by atoms with Crippen molar-refractivity contribution in [3.05, 3.63) is 32.1 Å². The first kappa shape index (κ1) is 13.5. The second-order valence-corrected chi connectivity index (χ2v) is 5.43. The Hall–Kier alpha value is -0.960. The van der Waals surface area contributed by atoms with E-state index in [1.807, 2.05) is 18.2 Å². The number of nitrogens with one attached hydrogen (secondary N) is 1. The van der Waals surface area contributed by atoms with Crippen molar-refractivity contribution < 1.29 is 9.53 Å². The van der Waals surface area contributed by atoms with Crippen molar-refractivity contribution >= 4 is 44.5 Å². The van der Waals surface area contributed by atoms with E-state index in [4.69, 9.17) is 4.74 Å². The van der Waals surface area contributed by atoms with E-state index in [1.165, 1.54) is 0 Å². The predicted octanol–water partition coefficient (Wildman–Crippen LogP) is 3.02. The quantitative estimate of drug-likeness (QED) is 0.611. The fraction of sp³-hybridized carbons (Fsp3) is 0.182. The third-order valence-corrected chi connectivity index (χ3v) is 3.56. The zero-order valence-corrected chi connectivity index (χ0v) is 13.1. The number of halogens is 2. The van der Waals surface area contributed by atoms with Gasteiger partial charge in [0.15, 0.2) is 5.82 Å². The van der Waals surface area contributed by atoms with E-state index >= 15 is 0 Å². The molecule has 1 aromatic heterocycles. The highest BCUT2D eigenvalue weighted by atomic mass is 127. The molecule has 0 saturated heterocycles. The highest BCUT2D eigenvalue weighted by Gasteiger charge is 2.15. The highest BCUT2D eigenvalue weighted by Crippen LogP contribution is 2.25. The number of carbonyl (C=O) groups excluding carboxylic acids is 1. The summed E-state index contributed by atoms with van der Waals surface area (Å²) in [4.78, 5) is 15.6. The minimum atomic E-state index is -0.499. The van der Waals surface area contributed by atoms with E-state index in [-0.39, 0.29) is 5.82 Å². The monoisotopic (exact) mass is 421 g/mol. The van der Waals surface area contributed by atoms with E-state index in [9.17, 15) is 4.79 Å². The van der Waals surface area contributed by atoms with Gasteiger partial charge < -0.3 is 4.74 Å². The first-order chi connectivity index (χ1) is 8.61. The number of aromatic nitrogens is 3. The molecule has 1 aromatic carbocycles. The summed E-state index contributed by atoms with van der Waals surface area (Å²) < 4.78 is 6.78. The van der Waals surface area contributed by atoms with Gasteiger partial charge in [-0.2, -0.15) is 5.10 Å². The van der Waals surface area contributed by atoms with E-state index in [0.717, 1.165) is 13.6 Å². The van der Waals surface area contributed by atoms with Crippen LogP contribution in [0.4, 0.5) is 0 Å². The first-order valence-electron chi connectivity index (χ1n) is 5.16. The lowest BCUT2D eigenvalue weighted by atomic mass is 10.2. The molecule has 1 N–H and O–H groups in total. The van der Waals surface area contributed by atoms with Crippen molar-refractivity contribution in [2.45, 2.75) is 6.92 Å². The second kappa shape index (κ2) is 5.79.